The molecule has 6 nitrogen and oxygen atoms in total. The average Bonchev–Trinajstić information content (AvgIpc) is 3.09. The molecule has 0 amide bonds. The van der Waals surface area contributed by atoms with Gasteiger partial charge in [0.05, 0.1) is 0 Å². The fourth-order valence-electron chi connectivity index (χ4n) is 6.95. The molecule has 6 rings (SSSR count). The SMILES string of the molecule is Cc1cc(-c2cc(C)c(O)c(C(c3ccc(O)cc3)c3cc(-c4cc(C)c(O)c(C(C)c5ccc(O)cc5)c4)cc(C)c3O)c2)cc(C)c1O. The third kappa shape index (κ3) is 6.32. The van der Waals surface area contributed by atoms with Gasteiger partial charge in [0.1, 0.15) is 34.5 Å². The molecule has 0 aromatic heterocycles. The van der Waals surface area contributed by atoms with Crippen molar-refractivity contribution in [1.29, 1.82) is 0 Å². The van der Waals surface area contributed by atoms with Crippen molar-refractivity contribution in [2.75, 3.05) is 0 Å². The van der Waals surface area contributed by atoms with Crippen LogP contribution in [0.4, 0.5) is 0 Å². The number of rotatable bonds is 7. The second-order valence-electron chi connectivity index (χ2n) is 13.5. The Morgan fingerprint density at radius 1 is 0.360 bits per heavy atom. The van der Waals surface area contributed by atoms with Gasteiger partial charge in [-0.2, -0.15) is 0 Å². The molecule has 254 valence electrons. The minimum Gasteiger partial charge on any atom is -0.508 e. The number of aromatic hydroxyl groups is 6. The second-order valence-corrected chi connectivity index (χ2v) is 13.5. The van der Waals surface area contributed by atoms with E-state index in [9.17, 15) is 30.6 Å². The van der Waals surface area contributed by atoms with Crippen molar-refractivity contribution >= 4 is 0 Å². The van der Waals surface area contributed by atoms with Crippen LogP contribution in [-0.2, 0) is 0 Å². The maximum Gasteiger partial charge on any atom is 0.122 e. The summed E-state index contributed by atoms with van der Waals surface area (Å²) in [6.07, 6.45) is 0. The molecule has 0 aliphatic rings. The molecule has 0 aliphatic carbocycles. The first-order valence-corrected chi connectivity index (χ1v) is 16.6. The molecule has 0 saturated heterocycles. The largest absolute Gasteiger partial charge is 0.508 e. The van der Waals surface area contributed by atoms with Crippen molar-refractivity contribution in [2.45, 2.75) is 53.4 Å². The zero-order valence-electron chi connectivity index (χ0n) is 29.1. The number of aryl methyl sites for hydroxylation is 5. The summed E-state index contributed by atoms with van der Waals surface area (Å²) in [4.78, 5) is 0. The highest BCUT2D eigenvalue weighted by molar-refractivity contribution is 5.75. The average molecular weight is 667 g/mol. The lowest BCUT2D eigenvalue weighted by atomic mass is 9.80. The van der Waals surface area contributed by atoms with E-state index in [1.807, 2.05) is 102 Å². The molecule has 0 saturated carbocycles. The van der Waals surface area contributed by atoms with Crippen LogP contribution in [0.2, 0.25) is 0 Å². The van der Waals surface area contributed by atoms with Crippen LogP contribution in [0.15, 0.2) is 97.1 Å². The van der Waals surface area contributed by atoms with Crippen LogP contribution in [-0.4, -0.2) is 30.6 Å². The van der Waals surface area contributed by atoms with E-state index in [1.54, 1.807) is 36.4 Å². The third-order valence-corrected chi connectivity index (χ3v) is 9.86. The van der Waals surface area contributed by atoms with Crippen LogP contribution in [0, 0.1) is 34.6 Å². The number of benzene rings is 6. The van der Waals surface area contributed by atoms with Gasteiger partial charge < -0.3 is 30.6 Å². The molecule has 6 heteroatoms. The van der Waals surface area contributed by atoms with Crippen LogP contribution in [0.5, 0.6) is 34.5 Å². The van der Waals surface area contributed by atoms with E-state index in [0.29, 0.717) is 27.8 Å². The van der Waals surface area contributed by atoms with Crippen LogP contribution >= 0.6 is 0 Å². The predicted molar refractivity (Wildman–Crippen MR) is 199 cm³/mol. The quantitative estimate of drug-likeness (QED) is 0.0944. The van der Waals surface area contributed by atoms with Gasteiger partial charge in [-0.1, -0.05) is 31.2 Å². The lowest BCUT2D eigenvalue weighted by Crippen LogP contribution is -2.07. The highest BCUT2D eigenvalue weighted by Crippen LogP contribution is 2.47. The molecule has 6 aromatic carbocycles. The highest BCUT2D eigenvalue weighted by Gasteiger charge is 2.27. The van der Waals surface area contributed by atoms with Gasteiger partial charge in [-0.3, -0.25) is 0 Å². The first-order valence-electron chi connectivity index (χ1n) is 16.6. The molecular weight excluding hydrogens is 624 g/mol. The lowest BCUT2D eigenvalue weighted by molar-refractivity contribution is 0.454. The third-order valence-electron chi connectivity index (χ3n) is 9.86. The fraction of sp³-hybridized carbons (Fsp3) is 0.182. The van der Waals surface area contributed by atoms with Gasteiger partial charge in [-0.15, -0.1) is 0 Å². The van der Waals surface area contributed by atoms with Crippen molar-refractivity contribution in [3.05, 3.63) is 153 Å². The van der Waals surface area contributed by atoms with E-state index in [2.05, 4.69) is 0 Å². The number of hydrogen-bond donors (Lipinski definition) is 6. The zero-order valence-corrected chi connectivity index (χ0v) is 29.1. The molecule has 50 heavy (non-hydrogen) atoms. The Balaban J connectivity index is 1.57. The van der Waals surface area contributed by atoms with E-state index in [-0.39, 0.29) is 40.4 Å². The molecule has 2 unspecified atom stereocenters. The predicted octanol–water partition coefficient (Wildman–Crippen LogP) is 10.1. The van der Waals surface area contributed by atoms with Gasteiger partial charge in [0.15, 0.2) is 0 Å². The van der Waals surface area contributed by atoms with E-state index < -0.39 is 5.92 Å². The standard InChI is InChI=1S/C44H42O6/c1-23-15-31(16-24(2)41(23)47)33-18-26(4)43(49)38(21-33)40(30-9-13-36(46)14-10-30)39-22-34(19-27(5)44(39)50)32-17-25(3)42(48)37(20-32)28(6)29-7-11-35(45)12-8-29/h7-22,28,40,45-50H,1-6H3. The molecule has 0 bridgehead atoms. The van der Waals surface area contributed by atoms with Crippen LogP contribution < -0.4 is 0 Å². The summed E-state index contributed by atoms with van der Waals surface area (Å²) >= 11 is 0. The molecule has 6 aromatic rings. The van der Waals surface area contributed by atoms with Gasteiger partial charge in [-0.05, 0) is 169 Å². The summed E-state index contributed by atoms with van der Waals surface area (Å²) in [5.74, 6) is 0.0712. The Hall–Kier alpha value is -5.88. The van der Waals surface area contributed by atoms with Crippen molar-refractivity contribution in [3.63, 3.8) is 0 Å². The maximum atomic E-state index is 11.8. The number of phenols is 6. The van der Waals surface area contributed by atoms with Crippen LogP contribution in [0.3, 0.4) is 0 Å². The normalized spacial score (nSPS) is 12.5. The van der Waals surface area contributed by atoms with E-state index in [0.717, 1.165) is 50.1 Å². The molecule has 0 fully saturated rings. The minimum atomic E-state index is -0.638. The Morgan fingerprint density at radius 3 is 1.06 bits per heavy atom. The van der Waals surface area contributed by atoms with Crippen molar-refractivity contribution < 1.29 is 30.6 Å². The van der Waals surface area contributed by atoms with Gasteiger partial charge in [0.2, 0.25) is 0 Å². The van der Waals surface area contributed by atoms with Crippen molar-refractivity contribution in [1.82, 2.24) is 0 Å². The Morgan fingerprint density at radius 2 is 0.660 bits per heavy atom. The highest BCUT2D eigenvalue weighted by atomic mass is 16.3. The number of hydrogen-bond acceptors (Lipinski definition) is 6. The zero-order chi connectivity index (χ0) is 36.0. The van der Waals surface area contributed by atoms with Crippen LogP contribution in [0.25, 0.3) is 22.3 Å². The first-order chi connectivity index (χ1) is 23.7. The molecule has 2 atom stereocenters. The molecule has 0 spiro atoms. The van der Waals surface area contributed by atoms with Gasteiger partial charge in [-0.25, -0.2) is 0 Å². The molecular formula is C44H42O6. The van der Waals surface area contributed by atoms with E-state index in [1.165, 1.54) is 0 Å². The minimum absolute atomic E-state index is 0.0822. The monoisotopic (exact) mass is 666 g/mol. The first kappa shape index (κ1) is 34.0. The molecule has 0 radical (unpaired) electrons. The summed E-state index contributed by atoms with van der Waals surface area (Å²) in [6, 6.07) is 29.1. The fourth-order valence-corrected chi connectivity index (χ4v) is 6.95. The van der Waals surface area contributed by atoms with Gasteiger partial charge in [0.25, 0.3) is 0 Å². The lowest BCUT2D eigenvalue weighted by Gasteiger charge is -2.25. The summed E-state index contributed by atoms with van der Waals surface area (Å²) in [6.45, 7) is 11.3. The summed E-state index contributed by atoms with van der Waals surface area (Å²) in [5, 5.41) is 65.1. The Kier molecular flexibility index (Phi) is 8.98. The number of phenolic OH excluding ortho intramolecular Hbond substituents is 6. The topological polar surface area (TPSA) is 121 Å². The van der Waals surface area contributed by atoms with Gasteiger partial charge in [0, 0.05) is 28.5 Å². The molecule has 6 N–H and O–H groups in total. The maximum absolute atomic E-state index is 11.8. The Labute approximate surface area is 292 Å². The summed E-state index contributed by atoms with van der Waals surface area (Å²) < 4.78 is 0. The molecule has 0 heterocycles. The smallest absolute Gasteiger partial charge is 0.122 e. The Bertz CT molecular complexity index is 2210. The van der Waals surface area contributed by atoms with E-state index >= 15 is 0 Å². The van der Waals surface area contributed by atoms with Crippen molar-refractivity contribution in [2.24, 2.45) is 0 Å². The van der Waals surface area contributed by atoms with Crippen molar-refractivity contribution in [3.8, 4) is 56.8 Å². The van der Waals surface area contributed by atoms with Crippen LogP contribution in [0.1, 0.15) is 74.4 Å². The second kappa shape index (κ2) is 13.2. The molecule has 0 aliphatic heterocycles. The van der Waals surface area contributed by atoms with Gasteiger partial charge >= 0.3 is 0 Å². The summed E-state index contributed by atoms with van der Waals surface area (Å²) in [7, 11) is 0. The van der Waals surface area contributed by atoms with E-state index in [4.69, 9.17) is 0 Å². The summed E-state index contributed by atoms with van der Waals surface area (Å²) in [5.41, 5.74) is 10.4.